The van der Waals surface area contributed by atoms with Crippen LogP contribution in [0.1, 0.15) is 0 Å². The van der Waals surface area contributed by atoms with Crippen LogP contribution in [-0.2, 0) is 0 Å². The molecular formula is C7H4ClN4O4+. The molecule has 1 aromatic heterocycles. The van der Waals surface area contributed by atoms with Crippen molar-refractivity contribution in [3.05, 3.63) is 43.9 Å². The Balaban J connectivity index is 2.69. The Morgan fingerprint density at radius 1 is 1.56 bits per heavy atom. The van der Waals surface area contributed by atoms with Crippen molar-refractivity contribution in [3.63, 3.8) is 0 Å². The number of aromatic nitrogens is 3. The zero-order valence-electron chi connectivity index (χ0n) is 7.58. The number of nitrogens with zero attached hydrogens (tertiary/aromatic N) is 3. The van der Waals surface area contributed by atoms with Gasteiger partial charge in [-0.25, -0.2) is 9.32 Å². The van der Waals surface area contributed by atoms with Crippen LogP contribution >= 0.6 is 11.6 Å². The summed E-state index contributed by atoms with van der Waals surface area (Å²) in [6.07, 6.45) is 0. The highest BCUT2D eigenvalue weighted by Crippen LogP contribution is 2.27. The second-order valence-electron chi connectivity index (χ2n) is 2.75. The van der Waals surface area contributed by atoms with Crippen molar-refractivity contribution in [2.24, 2.45) is 0 Å². The SMILES string of the molecule is O=c1[nH][n+](-c2cccc(Cl)c2[N+](=O)[O-])no1. The number of aromatic amines is 1. The molecule has 1 N–H and O–H groups in total. The molecular weight excluding hydrogens is 240 g/mol. The van der Waals surface area contributed by atoms with Gasteiger partial charge in [-0.2, -0.15) is 0 Å². The van der Waals surface area contributed by atoms with Gasteiger partial charge in [0.1, 0.15) is 5.02 Å². The van der Waals surface area contributed by atoms with E-state index in [1.54, 1.807) is 0 Å². The molecule has 1 aromatic carbocycles. The lowest BCUT2D eigenvalue weighted by atomic mass is 10.3. The molecule has 0 aliphatic rings. The van der Waals surface area contributed by atoms with Gasteiger partial charge in [-0.3, -0.25) is 10.1 Å². The number of rotatable bonds is 2. The maximum absolute atomic E-state index is 10.8. The first-order chi connectivity index (χ1) is 7.59. The van der Waals surface area contributed by atoms with E-state index in [1.807, 2.05) is 0 Å². The van der Waals surface area contributed by atoms with Gasteiger partial charge in [-0.1, -0.05) is 22.8 Å². The number of nitro groups is 1. The monoisotopic (exact) mass is 243 g/mol. The average Bonchev–Trinajstić information content (AvgIpc) is 2.63. The molecule has 1 heterocycles. The molecule has 0 fully saturated rings. The van der Waals surface area contributed by atoms with Gasteiger partial charge in [0.25, 0.3) is 0 Å². The smallest absolute Gasteiger partial charge is 0.258 e. The molecule has 0 unspecified atom stereocenters. The fourth-order valence-electron chi connectivity index (χ4n) is 1.17. The summed E-state index contributed by atoms with van der Waals surface area (Å²) in [5, 5.41) is 16.1. The van der Waals surface area contributed by atoms with E-state index in [0.717, 1.165) is 4.80 Å². The van der Waals surface area contributed by atoms with E-state index in [2.05, 4.69) is 14.9 Å². The minimum atomic E-state index is -0.825. The van der Waals surface area contributed by atoms with Crippen LogP contribution in [0.15, 0.2) is 27.5 Å². The molecule has 2 rings (SSSR count). The number of nitro benzene ring substituents is 1. The number of hydrogen-bond acceptors (Lipinski definition) is 5. The van der Waals surface area contributed by atoms with Crippen LogP contribution in [0.3, 0.4) is 0 Å². The lowest BCUT2D eigenvalue weighted by Crippen LogP contribution is -2.38. The Labute approximate surface area is 92.2 Å². The highest BCUT2D eigenvalue weighted by atomic mass is 35.5. The van der Waals surface area contributed by atoms with Crippen molar-refractivity contribution in [2.45, 2.75) is 0 Å². The number of para-hydroxylation sites is 1. The van der Waals surface area contributed by atoms with Crippen LogP contribution in [0.25, 0.3) is 5.69 Å². The van der Waals surface area contributed by atoms with E-state index < -0.39 is 10.7 Å². The predicted octanol–water partition coefficient (Wildman–Crippen LogP) is 0.201. The molecule has 0 atom stereocenters. The van der Waals surface area contributed by atoms with E-state index in [1.165, 1.54) is 18.2 Å². The highest BCUT2D eigenvalue weighted by molar-refractivity contribution is 6.32. The maximum atomic E-state index is 10.8. The fourth-order valence-corrected chi connectivity index (χ4v) is 1.40. The molecule has 2 aromatic rings. The van der Waals surface area contributed by atoms with Crippen LogP contribution in [0.5, 0.6) is 0 Å². The molecule has 0 amide bonds. The zero-order chi connectivity index (χ0) is 11.7. The second-order valence-corrected chi connectivity index (χ2v) is 3.16. The molecule has 0 aliphatic heterocycles. The van der Waals surface area contributed by atoms with E-state index in [4.69, 9.17) is 11.6 Å². The van der Waals surface area contributed by atoms with E-state index >= 15 is 0 Å². The first-order valence-corrected chi connectivity index (χ1v) is 4.39. The summed E-state index contributed by atoms with van der Waals surface area (Å²) in [5.41, 5.74) is -0.345. The van der Waals surface area contributed by atoms with Gasteiger partial charge >= 0.3 is 17.1 Å². The van der Waals surface area contributed by atoms with Gasteiger partial charge in [0.15, 0.2) is 0 Å². The Morgan fingerprint density at radius 2 is 2.31 bits per heavy atom. The van der Waals surface area contributed by atoms with Crippen LogP contribution in [0, 0.1) is 10.1 Å². The molecule has 9 heteroatoms. The maximum Gasteiger partial charge on any atom is 0.493 e. The second kappa shape index (κ2) is 3.74. The van der Waals surface area contributed by atoms with Crippen LogP contribution < -0.4 is 10.6 Å². The summed E-state index contributed by atoms with van der Waals surface area (Å²) in [6, 6.07) is 4.23. The Hall–Kier alpha value is -2.22. The standard InChI is InChI=1S/C7H3ClN4O4/c8-4-2-1-3-5(6(4)12(14)15)11-9-7(13)16-10-11/h1-3H/p+1. The van der Waals surface area contributed by atoms with Crippen molar-refractivity contribution in [2.75, 3.05) is 0 Å². The van der Waals surface area contributed by atoms with Crippen LogP contribution in [0.4, 0.5) is 5.69 Å². The van der Waals surface area contributed by atoms with Gasteiger partial charge < -0.3 is 0 Å². The minimum absolute atomic E-state index is 0.0170. The third-order valence-corrected chi connectivity index (χ3v) is 2.08. The van der Waals surface area contributed by atoms with Gasteiger partial charge in [-0.15, -0.1) is 0 Å². The summed E-state index contributed by atoms with van der Waals surface area (Å²) >= 11 is 5.68. The summed E-state index contributed by atoms with van der Waals surface area (Å²) in [7, 11) is 0. The third kappa shape index (κ3) is 1.65. The number of hydrogen-bond donors (Lipinski definition) is 1. The number of halogens is 1. The first-order valence-electron chi connectivity index (χ1n) is 4.01. The van der Waals surface area contributed by atoms with Crippen LogP contribution in [-0.4, -0.2) is 15.3 Å². The van der Waals surface area contributed by atoms with Crippen LogP contribution in [0.2, 0.25) is 5.02 Å². The molecule has 0 spiro atoms. The molecule has 0 aliphatic carbocycles. The molecule has 8 nitrogen and oxygen atoms in total. The van der Waals surface area contributed by atoms with E-state index in [9.17, 15) is 14.9 Å². The lowest BCUT2D eigenvalue weighted by molar-refractivity contribution is -0.727. The molecule has 0 radical (unpaired) electrons. The molecule has 82 valence electrons. The van der Waals surface area contributed by atoms with Gasteiger partial charge in [0.2, 0.25) is 5.27 Å². The highest BCUT2D eigenvalue weighted by Gasteiger charge is 2.29. The minimum Gasteiger partial charge on any atom is -0.258 e. The van der Waals surface area contributed by atoms with Crippen molar-refractivity contribution in [1.29, 1.82) is 0 Å². The molecule has 0 saturated heterocycles. The predicted molar refractivity (Wildman–Crippen MR) is 50.3 cm³/mol. The summed E-state index contributed by atoms with van der Waals surface area (Å²) < 4.78 is 4.23. The number of H-pyrrole nitrogens is 1. The molecule has 0 saturated carbocycles. The zero-order valence-corrected chi connectivity index (χ0v) is 8.34. The van der Waals surface area contributed by atoms with Gasteiger partial charge in [0.05, 0.1) is 9.72 Å². The summed E-state index contributed by atoms with van der Waals surface area (Å²) in [5.74, 6) is -0.825. The van der Waals surface area contributed by atoms with Crippen molar-refractivity contribution in [1.82, 2.24) is 10.4 Å². The number of benzene rings is 1. The third-order valence-electron chi connectivity index (χ3n) is 1.78. The molecule has 0 bridgehead atoms. The Bertz CT molecular complexity index is 604. The van der Waals surface area contributed by atoms with Gasteiger partial charge in [-0.05, 0) is 6.07 Å². The topological polar surface area (TPSA) is 106 Å². The number of nitrogens with one attached hydrogen (secondary N) is 1. The largest absolute Gasteiger partial charge is 0.493 e. The Kier molecular flexibility index (Phi) is 2.41. The molecule has 16 heavy (non-hydrogen) atoms. The lowest BCUT2D eigenvalue weighted by Gasteiger charge is -1.93. The Morgan fingerprint density at radius 3 is 2.88 bits per heavy atom. The fraction of sp³-hybridized carbons (Fsp3) is 0. The van der Waals surface area contributed by atoms with Crippen molar-refractivity contribution < 1.29 is 14.2 Å². The normalized spacial score (nSPS) is 10.3. The quantitative estimate of drug-likeness (QED) is 0.461. The van der Waals surface area contributed by atoms with Gasteiger partial charge in [0, 0.05) is 6.07 Å². The van der Waals surface area contributed by atoms with Crippen molar-refractivity contribution in [3.8, 4) is 5.69 Å². The summed E-state index contributed by atoms with van der Waals surface area (Å²) in [4.78, 5) is 21.7. The van der Waals surface area contributed by atoms with E-state index in [0.29, 0.717) is 0 Å². The van der Waals surface area contributed by atoms with E-state index in [-0.39, 0.29) is 16.4 Å². The summed E-state index contributed by atoms with van der Waals surface area (Å²) in [6.45, 7) is 0. The van der Waals surface area contributed by atoms with Crippen molar-refractivity contribution >= 4 is 17.3 Å². The average molecular weight is 244 g/mol. The first kappa shape index (κ1) is 10.3.